The van der Waals surface area contributed by atoms with Crippen molar-refractivity contribution in [3.8, 4) is 0 Å². The zero-order chi connectivity index (χ0) is 36.4. The highest BCUT2D eigenvalue weighted by atomic mass is 16.6. The van der Waals surface area contributed by atoms with Crippen LogP contribution in [-0.4, -0.2) is 47.3 Å². The molecule has 0 bridgehead atoms. The smallest absolute Gasteiger partial charge is 0.408 e. The summed E-state index contributed by atoms with van der Waals surface area (Å²) in [5.74, 6) is -2.25. The average Bonchev–Trinajstić information content (AvgIpc) is 3.11. The molecule has 2 atom stereocenters. The molecule has 50 heavy (non-hydrogen) atoms. The van der Waals surface area contributed by atoms with E-state index in [1.807, 2.05) is 60.7 Å². The summed E-state index contributed by atoms with van der Waals surface area (Å²) >= 11 is 0. The van der Waals surface area contributed by atoms with Crippen molar-refractivity contribution in [2.45, 2.75) is 51.7 Å². The number of nitrogens with one attached hydrogen (secondary N) is 3. The summed E-state index contributed by atoms with van der Waals surface area (Å²) in [5, 5.41) is 16.6. The number of carbonyl (C=O) groups excluding carboxylic acids is 4. The molecule has 3 amide bonds. The van der Waals surface area contributed by atoms with Crippen molar-refractivity contribution in [3.63, 3.8) is 0 Å². The molecule has 4 N–H and O–H groups in total. The van der Waals surface area contributed by atoms with Crippen LogP contribution >= 0.6 is 0 Å². The molecule has 0 aliphatic heterocycles. The summed E-state index contributed by atoms with van der Waals surface area (Å²) < 4.78 is 15.4. The predicted octanol–water partition coefficient (Wildman–Crippen LogP) is 5.85. The molecule has 0 spiro atoms. The number of alkyl carbamates (subject to hydrolysis) is 2. The van der Waals surface area contributed by atoms with Crippen molar-refractivity contribution in [1.82, 2.24) is 16.0 Å². The van der Waals surface area contributed by atoms with Crippen LogP contribution in [0.25, 0.3) is 0 Å². The third kappa shape index (κ3) is 14.3. The lowest BCUT2D eigenvalue weighted by Crippen LogP contribution is -2.43. The first-order chi connectivity index (χ1) is 23.9. The fourth-order valence-electron chi connectivity index (χ4n) is 4.28. The lowest BCUT2D eigenvalue weighted by atomic mass is 10.1. The number of carboxylic acids is 1. The zero-order valence-electron chi connectivity index (χ0n) is 28.0. The fourth-order valence-corrected chi connectivity index (χ4v) is 4.28. The van der Waals surface area contributed by atoms with E-state index in [1.165, 1.54) is 0 Å². The van der Waals surface area contributed by atoms with Gasteiger partial charge in [-0.3, -0.25) is 9.59 Å². The van der Waals surface area contributed by atoms with E-state index < -0.39 is 47.7 Å². The number of carboxylic acid groups (broad SMARTS) is 1. The van der Waals surface area contributed by atoms with E-state index in [-0.39, 0.29) is 19.8 Å². The van der Waals surface area contributed by atoms with Gasteiger partial charge in [0.1, 0.15) is 31.4 Å². The number of rotatable bonds is 12. The molecule has 262 valence electrons. The largest absolute Gasteiger partial charge is 0.479 e. The first-order valence-corrected chi connectivity index (χ1v) is 15.7. The molecule has 0 aromatic heterocycles. The molecule has 4 aromatic carbocycles. The second-order valence-corrected chi connectivity index (χ2v) is 11.7. The van der Waals surface area contributed by atoms with E-state index in [9.17, 15) is 29.1 Å². The second kappa shape index (κ2) is 19.6. The van der Waals surface area contributed by atoms with Gasteiger partial charge in [0.05, 0.1) is 0 Å². The maximum absolute atomic E-state index is 12.6. The molecule has 0 saturated heterocycles. The van der Waals surface area contributed by atoms with E-state index in [0.29, 0.717) is 11.1 Å². The Bertz CT molecular complexity index is 1660. The Morgan fingerprint density at radius 2 is 0.980 bits per heavy atom. The van der Waals surface area contributed by atoms with Crippen LogP contribution in [0.4, 0.5) is 9.59 Å². The molecule has 0 heterocycles. The minimum atomic E-state index is -1.14. The van der Waals surface area contributed by atoms with Gasteiger partial charge < -0.3 is 35.3 Å². The maximum atomic E-state index is 12.6. The summed E-state index contributed by atoms with van der Waals surface area (Å²) in [6.07, 6.45) is -1.51. The molecule has 0 radical (unpaired) electrons. The van der Waals surface area contributed by atoms with E-state index in [1.54, 1.807) is 81.4 Å². The topological polar surface area (TPSA) is 169 Å². The SMILES string of the molecule is CC(C)(C)OC(=O)CNC(=O)[C@H](NC(=O)OCc1ccccc1)c1ccccc1.O=C(N[C@@H](C(=O)O)c1ccccc1)OCc1ccccc1. The highest BCUT2D eigenvalue weighted by Gasteiger charge is 2.25. The van der Waals surface area contributed by atoms with Gasteiger partial charge in [0.2, 0.25) is 5.91 Å². The Morgan fingerprint density at radius 1 is 0.600 bits per heavy atom. The zero-order valence-corrected chi connectivity index (χ0v) is 28.0. The number of hydrogen-bond donors (Lipinski definition) is 4. The molecule has 0 aliphatic rings. The van der Waals surface area contributed by atoms with Gasteiger partial charge in [-0.25, -0.2) is 14.4 Å². The number of ether oxygens (including phenoxy) is 3. The van der Waals surface area contributed by atoms with Gasteiger partial charge in [-0.15, -0.1) is 0 Å². The van der Waals surface area contributed by atoms with Crippen LogP contribution in [0.15, 0.2) is 121 Å². The molecular formula is C38H41N3O9. The molecule has 0 fully saturated rings. The molecule has 4 aromatic rings. The van der Waals surface area contributed by atoms with Crippen molar-refractivity contribution in [2.75, 3.05) is 6.54 Å². The molecule has 0 unspecified atom stereocenters. The Balaban J connectivity index is 0.000000284. The van der Waals surface area contributed by atoms with Crippen LogP contribution in [0.3, 0.4) is 0 Å². The van der Waals surface area contributed by atoms with Crippen molar-refractivity contribution >= 4 is 30.0 Å². The van der Waals surface area contributed by atoms with E-state index in [0.717, 1.165) is 11.1 Å². The van der Waals surface area contributed by atoms with Crippen LogP contribution in [0, 0.1) is 0 Å². The summed E-state index contributed by atoms with van der Waals surface area (Å²) in [6, 6.07) is 33.4. The van der Waals surface area contributed by atoms with Crippen molar-refractivity contribution in [2.24, 2.45) is 0 Å². The molecule has 12 heteroatoms. The standard InChI is InChI=1S/C22H26N2O5.C16H15NO4/c1-22(2,3)29-18(25)14-23-20(26)19(17-12-8-5-9-13-17)24-21(27)28-15-16-10-6-4-7-11-16;18-15(19)14(13-9-5-2-6-10-13)17-16(20)21-11-12-7-3-1-4-8-12/h4-13,19H,14-15H2,1-3H3,(H,23,26)(H,24,27);1-10,14H,11H2,(H,17,20)(H,18,19)/t19-;14-/m11/s1. The van der Waals surface area contributed by atoms with Crippen LogP contribution in [0.2, 0.25) is 0 Å². The predicted molar refractivity (Wildman–Crippen MR) is 184 cm³/mol. The normalized spacial score (nSPS) is 11.7. The summed E-state index contributed by atoms with van der Waals surface area (Å²) in [4.78, 5) is 59.7. The summed E-state index contributed by atoms with van der Waals surface area (Å²) in [7, 11) is 0. The van der Waals surface area contributed by atoms with Crippen molar-refractivity contribution in [3.05, 3.63) is 144 Å². The number of hydrogen-bond acceptors (Lipinski definition) is 8. The van der Waals surface area contributed by atoms with E-state index >= 15 is 0 Å². The van der Waals surface area contributed by atoms with Crippen molar-refractivity contribution in [1.29, 1.82) is 0 Å². The number of aliphatic carboxylic acids is 1. The van der Waals surface area contributed by atoms with Gasteiger partial charge in [0, 0.05) is 0 Å². The lowest BCUT2D eigenvalue weighted by Gasteiger charge is -2.21. The average molecular weight is 684 g/mol. The first-order valence-electron chi connectivity index (χ1n) is 15.7. The number of amides is 3. The minimum Gasteiger partial charge on any atom is -0.479 e. The van der Waals surface area contributed by atoms with E-state index in [2.05, 4.69) is 16.0 Å². The quantitative estimate of drug-likeness (QED) is 0.106. The van der Waals surface area contributed by atoms with Crippen LogP contribution < -0.4 is 16.0 Å². The lowest BCUT2D eigenvalue weighted by molar-refractivity contribution is -0.154. The Hall–Kier alpha value is -6.17. The van der Waals surface area contributed by atoms with Gasteiger partial charge in [-0.05, 0) is 43.0 Å². The van der Waals surface area contributed by atoms with Crippen LogP contribution in [0.1, 0.15) is 55.1 Å². The van der Waals surface area contributed by atoms with E-state index in [4.69, 9.17) is 14.2 Å². The first kappa shape index (κ1) is 38.3. The van der Waals surface area contributed by atoms with Gasteiger partial charge >= 0.3 is 24.1 Å². The number of esters is 1. The van der Waals surface area contributed by atoms with Crippen LogP contribution in [-0.2, 0) is 41.8 Å². The highest BCUT2D eigenvalue weighted by molar-refractivity contribution is 5.89. The highest BCUT2D eigenvalue weighted by Crippen LogP contribution is 2.15. The molecule has 4 rings (SSSR count). The second-order valence-electron chi connectivity index (χ2n) is 11.7. The molecule has 12 nitrogen and oxygen atoms in total. The minimum absolute atomic E-state index is 0.0771. The molecule has 0 saturated carbocycles. The maximum Gasteiger partial charge on any atom is 0.408 e. The Kier molecular flexibility index (Phi) is 15.0. The summed E-state index contributed by atoms with van der Waals surface area (Å²) in [5.41, 5.74) is 2.06. The van der Waals surface area contributed by atoms with Crippen LogP contribution in [0.5, 0.6) is 0 Å². The Morgan fingerprint density at radius 3 is 1.38 bits per heavy atom. The number of benzene rings is 4. The van der Waals surface area contributed by atoms with Crippen molar-refractivity contribution < 1.29 is 43.3 Å². The third-order valence-electron chi connectivity index (χ3n) is 6.55. The number of carbonyl (C=O) groups is 5. The fraction of sp³-hybridized carbons (Fsp3) is 0.237. The molecular weight excluding hydrogens is 642 g/mol. The van der Waals surface area contributed by atoms with Gasteiger partial charge in [-0.2, -0.15) is 0 Å². The Labute approximate surface area is 290 Å². The van der Waals surface area contributed by atoms with Gasteiger partial charge in [0.25, 0.3) is 0 Å². The monoisotopic (exact) mass is 683 g/mol. The van der Waals surface area contributed by atoms with Gasteiger partial charge in [0.15, 0.2) is 6.04 Å². The van der Waals surface area contributed by atoms with Gasteiger partial charge in [-0.1, -0.05) is 121 Å². The molecule has 0 aliphatic carbocycles. The third-order valence-corrected chi connectivity index (χ3v) is 6.55. The summed E-state index contributed by atoms with van der Waals surface area (Å²) in [6.45, 7) is 5.08.